The lowest BCUT2D eigenvalue weighted by molar-refractivity contribution is -0.386. The van der Waals surface area contributed by atoms with E-state index in [1.807, 2.05) is 6.07 Å². The highest BCUT2D eigenvalue weighted by atomic mass is 35.5. The van der Waals surface area contributed by atoms with E-state index in [0.29, 0.717) is 33.3 Å². The van der Waals surface area contributed by atoms with Crippen molar-refractivity contribution in [2.45, 2.75) is 32.7 Å². The van der Waals surface area contributed by atoms with Gasteiger partial charge in [0.15, 0.2) is 0 Å². The smallest absolute Gasteiger partial charge is 0.325 e. The van der Waals surface area contributed by atoms with Crippen LogP contribution in [0.3, 0.4) is 0 Å². The first-order valence-corrected chi connectivity index (χ1v) is 14.0. The van der Waals surface area contributed by atoms with Gasteiger partial charge >= 0.3 is 11.7 Å². The van der Waals surface area contributed by atoms with Crippen molar-refractivity contribution in [3.8, 4) is 22.6 Å². The molecule has 0 amide bonds. The number of ether oxygens (including phenoxy) is 3. The van der Waals surface area contributed by atoms with Crippen molar-refractivity contribution in [3.05, 3.63) is 111 Å². The van der Waals surface area contributed by atoms with Crippen LogP contribution in [-0.2, 0) is 29.3 Å². The van der Waals surface area contributed by atoms with Crippen LogP contribution in [0, 0.1) is 15.9 Å². The van der Waals surface area contributed by atoms with E-state index in [4.69, 9.17) is 18.8 Å². The first-order chi connectivity index (χ1) is 21.9. The van der Waals surface area contributed by atoms with Crippen LogP contribution in [0.25, 0.3) is 22.2 Å². The van der Waals surface area contributed by atoms with Crippen molar-refractivity contribution in [2.75, 3.05) is 13.2 Å². The van der Waals surface area contributed by atoms with E-state index in [9.17, 15) is 20.0 Å². The monoisotopic (exact) mass is 652 g/mol. The molecular formula is C32H30ClFN4O8. The van der Waals surface area contributed by atoms with E-state index in [-0.39, 0.29) is 55.8 Å². The van der Waals surface area contributed by atoms with Crippen LogP contribution in [0.2, 0.25) is 0 Å². The largest absolute Gasteiger partial charge is 0.488 e. The van der Waals surface area contributed by atoms with Gasteiger partial charge in [-0.25, -0.2) is 9.02 Å². The molecule has 14 heteroatoms. The third-order valence-electron chi connectivity index (χ3n) is 6.89. The number of halogens is 2. The van der Waals surface area contributed by atoms with Gasteiger partial charge in [0.05, 0.1) is 18.1 Å². The first-order valence-electron chi connectivity index (χ1n) is 14.0. The number of nitrogens with one attached hydrogen (secondary N) is 1. The summed E-state index contributed by atoms with van der Waals surface area (Å²) < 4.78 is 37.1. The summed E-state index contributed by atoms with van der Waals surface area (Å²) in [5.74, 6) is -1.13. The Kier molecular flexibility index (Phi) is 11.6. The second kappa shape index (κ2) is 15.8. The van der Waals surface area contributed by atoms with Crippen molar-refractivity contribution in [1.82, 2.24) is 15.6 Å². The Morgan fingerprint density at radius 1 is 0.978 bits per heavy atom. The number of nitro groups is 1. The Bertz CT molecular complexity index is 1800. The highest BCUT2D eigenvalue weighted by Gasteiger charge is 2.24. The average molecular weight is 653 g/mol. The van der Waals surface area contributed by atoms with Crippen LogP contribution in [0.15, 0.2) is 83.5 Å². The number of aliphatic hydroxyl groups excluding tert-OH is 1. The zero-order valence-electron chi connectivity index (χ0n) is 24.6. The lowest BCUT2D eigenvalue weighted by atomic mass is 10.0. The predicted octanol–water partition coefficient (Wildman–Crippen LogP) is 5.53. The summed E-state index contributed by atoms with van der Waals surface area (Å²) in [6.45, 7) is 0.829. The van der Waals surface area contributed by atoms with Crippen LogP contribution < -0.4 is 14.8 Å². The SMILES string of the molecule is CCOC(=O)[C@@H](CO)NCc1cc([N+](=O)[O-])c(OCc2cccc(-c3ccccc3)c2F)cc1OCc1ccc2nonc2c1.Cl. The van der Waals surface area contributed by atoms with E-state index in [2.05, 4.69) is 15.6 Å². The minimum absolute atomic E-state index is 0. The number of hydrogen-bond donors (Lipinski definition) is 2. The molecule has 2 N–H and O–H groups in total. The van der Waals surface area contributed by atoms with Gasteiger partial charge in [-0.05, 0) is 40.5 Å². The summed E-state index contributed by atoms with van der Waals surface area (Å²) >= 11 is 0. The molecule has 1 aromatic heterocycles. The van der Waals surface area contributed by atoms with Gasteiger partial charge in [-0.1, -0.05) is 54.6 Å². The van der Waals surface area contributed by atoms with Gasteiger partial charge in [0.1, 0.15) is 41.9 Å². The molecule has 0 unspecified atom stereocenters. The summed E-state index contributed by atoms with van der Waals surface area (Å²) in [6.07, 6.45) is 0. The van der Waals surface area contributed by atoms with Crippen LogP contribution in [0.4, 0.5) is 10.1 Å². The molecule has 5 rings (SSSR count). The molecule has 0 aliphatic carbocycles. The van der Waals surface area contributed by atoms with Crippen molar-refractivity contribution in [1.29, 1.82) is 0 Å². The maximum absolute atomic E-state index is 15.5. The molecule has 12 nitrogen and oxygen atoms in total. The molecule has 5 aromatic rings. The summed E-state index contributed by atoms with van der Waals surface area (Å²) in [6, 6.07) is 20.6. The molecule has 0 aliphatic rings. The van der Waals surface area contributed by atoms with Crippen molar-refractivity contribution in [2.24, 2.45) is 0 Å². The molecule has 0 fully saturated rings. The van der Waals surface area contributed by atoms with Crippen LogP contribution in [-0.4, -0.2) is 45.6 Å². The zero-order chi connectivity index (χ0) is 31.8. The van der Waals surface area contributed by atoms with E-state index in [1.54, 1.807) is 67.6 Å². The fourth-order valence-corrected chi connectivity index (χ4v) is 4.59. The number of hydrogen-bond acceptors (Lipinski definition) is 11. The summed E-state index contributed by atoms with van der Waals surface area (Å²) in [5.41, 5.74) is 2.95. The van der Waals surface area contributed by atoms with Crippen molar-refractivity contribution < 1.29 is 38.1 Å². The molecule has 240 valence electrons. The number of benzene rings is 4. The highest BCUT2D eigenvalue weighted by Crippen LogP contribution is 2.36. The van der Waals surface area contributed by atoms with Crippen LogP contribution >= 0.6 is 12.4 Å². The summed E-state index contributed by atoms with van der Waals surface area (Å²) in [4.78, 5) is 23.7. The Hall–Kier alpha value is -5.11. The maximum atomic E-state index is 15.5. The number of nitrogens with zero attached hydrogens (tertiary/aromatic N) is 3. The topological polar surface area (TPSA) is 159 Å². The number of carbonyl (C=O) groups excluding carboxylic acids is 1. The van der Waals surface area contributed by atoms with Gasteiger partial charge in [-0.2, -0.15) is 0 Å². The maximum Gasteiger partial charge on any atom is 0.325 e. The normalized spacial score (nSPS) is 11.5. The van der Waals surface area contributed by atoms with Gasteiger partial charge in [0.2, 0.25) is 5.75 Å². The molecule has 0 radical (unpaired) electrons. The number of carbonyl (C=O) groups is 1. The third-order valence-corrected chi connectivity index (χ3v) is 6.89. The summed E-state index contributed by atoms with van der Waals surface area (Å²) in [5, 5.41) is 32.3. The molecule has 4 aromatic carbocycles. The molecule has 0 spiro atoms. The van der Waals surface area contributed by atoms with E-state index in [1.165, 1.54) is 12.1 Å². The van der Waals surface area contributed by atoms with Crippen molar-refractivity contribution >= 4 is 35.1 Å². The summed E-state index contributed by atoms with van der Waals surface area (Å²) in [7, 11) is 0. The Morgan fingerprint density at radius 2 is 1.74 bits per heavy atom. The minimum atomic E-state index is -1.07. The number of rotatable bonds is 14. The van der Waals surface area contributed by atoms with Gasteiger partial charge in [0.25, 0.3) is 0 Å². The Labute approximate surface area is 268 Å². The molecule has 0 saturated carbocycles. The number of fused-ring (bicyclic) bond motifs is 1. The molecule has 0 bridgehead atoms. The van der Waals surface area contributed by atoms with Gasteiger partial charge < -0.3 is 19.3 Å². The predicted molar refractivity (Wildman–Crippen MR) is 167 cm³/mol. The molecular weight excluding hydrogens is 623 g/mol. The highest BCUT2D eigenvalue weighted by molar-refractivity contribution is 5.85. The van der Waals surface area contributed by atoms with E-state index in [0.717, 1.165) is 0 Å². The second-order valence-corrected chi connectivity index (χ2v) is 9.86. The minimum Gasteiger partial charge on any atom is -0.488 e. The third kappa shape index (κ3) is 7.93. The average Bonchev–Trinajstić information content (AvgIpc) is 3.52. The molecule has 46 heavy (non-hydrogen) atoms. The Balaban J connectivity index is 0.00000480. The molecule has 1 heterocycles. The Morgan fingerprint density at radius 3 is 2.48 bits per heavy atom. The van der Waals surface area contributed by atoms with E-state index < -0.39 is 35.0 Å². The number of aliphatic hydroxyl groups is 1. The lowest BCUT2D eigenvalue weighted by Crippen LogP contribution is -2.40. The first kappa shape index (κ1) is 33.8. The fourth-order valence-electron chi connectivity index (χ4n) is 4.59. The number of nitro benzene ring substituents is 1. The standard InChI is InChI=1S/C32H29FN4O8.ClH/c1-2-42-32(39)27(17-38)34-16-23-14-28(37(40)41)30(15-29(23)43-18-20-11-12-25-26(13-20)36-45-35-25)44-19-22-9-6-10-24(31(22)33)21-7-4-3-5-8-21;/h3-15,27,34,38H,2,16-19H2,1H3;1H/t27-;/m1./s1. The van der Waals surface area contributed by atoms with Crippen LogP contribution in [0.1, 0.15) is 23.6 Å². The van der Waals surface area contributed by atoms with Crippen molar-refractivity contribution in [3.63, 3.8) is 0 Å². The van der Waals surface area contributed by atoms with E-state index >= 15 is 4.39 Å². The second-order valence-electron chi connectivity index (χ2n) is 9.86. The van der Waals surface area contributed by atoms with Gasteiger partial charge in [0, 0.05) is 35.4 Å². The quantitative estimate of drug-likeness (QED) is 0.0882. The van der Waals surface area contributed by atoms with Gasteiger partial charge in [-0.3, -0.25) is 20.2 Å². The zero-order valence-corrected chi connectivity index (χ0v) is 25.4. The molecule has 0 saturated heterocycles. The lowest BCUT2D eigenvalue weighted by Gasteiger charge is -2.18. The molecule has 0 aliphatic heterocycles. The number of aromatic nitrogens is 2. The van der Waals surface area contributed by atoms with Gasteiger partial charge in [-0.15, -0.1) is 12.4 Å². The molecule has 1 atom stereocenters. The fraction of sp³-hybridized carbons (Fsp3) is 0.219. The van der Waals surface area contributed by atoms with Crippen LogP contribution in [0.5, 0.6) is 11.5 Å². The number of esters is 1.